The summed E-state index contributed by atoms with van der Waals surface area (Å²) in [6.45, 7) is 4.86. The summed E-state index contributed by atoms with van der Waals surface area (Å²) < 4.78 is 0. The molecule has 0 aliphatic heterocycles. The number of amides is 1. The smallest absolute Gasteiger partial charge is 0.304 e. The van der Waals surface area contributed by atoms with Gasteiger partial charge < -0.3 is 10.4 Å². The molecule has 0 aliphatic rings. The third-order valence-electron chi connectivity index (χ3n) is 3.50. The molecular formula is C16H24N2O3. The number of aliphatic carboxylic acids is 1. The van der Waals surface area contributed by atoms with Crippen molar-refractivity contribution >= 4 is 17.6 Å². The third-order valence-corrected chi connectivity index (χ3v) is 3.50. The molecule has 1 amide bonds. The maximum atomic E-state index is 11.8. The predicted molar refractivity (Wildman–Crippen MR) is 83.5 cm³/mol. The first kappa shape index (κ1) is 17.2. The van der Waals surface area contributed by atoms with E-state index in [-0.39, 0.29) is 18.9 Å². The Morgan fingerprint density at radius 3 is 2.43 bits per heavy atom. The first-order valence-corrected chi connectivity index (χ1v) is 7.22. The van der Waals surface area contributed by atoms with Crippen LogP contribution in [-0.4, -0.2) is 42.0 Å². The monoisotopic (exact) mass is 292 g/mol. The van der Waals surface area contributed by atoms with Gasteiger partial charge in [0.25, 0.3) is 0 Å². The van der Waals surface area contributed by atoms with Gasteiger partial charge in [-0.05, 0) is 37.1 Å². The average Bonchev–Trinajstić information content (AvgIpc) is 2.45. The minimum atomic E-state index is -0.858. The number of nitrogens with zero attached hydrogens (tertiary/aromatic N) is 1. The fourth-order valence-electron chi connectivity index (χ4n) is 1.94. The second-order valence-electron chi connectivity index (χ2n) is 5.36. The molecular weight excluding hydrogens is 268 g/mol. The Morgan fingerprint density at radius 1 is 1.29 bits per heavy atom. The van der Waals surface area contributed by atoms with E-state index in [2.05, 4.69) is 19.2 Å². The fourth-order valence-corrected chi connectivity index (χ4v) is 1.94. The second kappa shape index (κ2) is 8.42. The molecule has 1 atom stereocenters. The molecule has 0 saturated heterocycles. The van der Waals surface area contributed by atoms with Crippen molar-refractivity contribution in [2.45, 2.75) is 32.6 Å². The molecule has 0 aromatic heterocycles. The number of hydrogen-bond donors (Lipinski definition) is 2. The standard InChI is InChI=1S/C16H24N2O3/c1-4-12(2)13-5-7-14(8-6-13)17-15(19)11-18(3)10-9-16(20)21/h5-8,12H,4,9-11H2,1-3H3,(H,17,19)(H,20,21). The number of carbonyl (C=O) groups is 2. The van der Waals surface area contributed by atoms with Crippen LogP contribution in [-0.2, 0) is 9.59 Å². The van der Waals surface area contributed by atoms with Crippen LogP contribution in [0.15, 0.2) is 24.3 Å². The van der Waals surface area contributed by atoms with E-state index in [1.807, 2.05) is 24.3 Å². The summed E-state index contributed by atoms with van der Waals surface area (Å²) in [5.74, 6) is -0.487. The Hall–Kier alpha value is -1.88. The Balaban J connectivity index is 2.45. The maximum Gasteiger partial charge on any atom is 0.304 e. The van der Waals surface area contributed by atoms with Gasteiger partial charge in [-0.2, -0.15) is 0 Å². The highest BCUT2D eigenvalue weighted by Gasteiger charge is 2.09. The van der Waals surface area contributed by atoms with Gasteiger partial charge in [0, 0.05) is 12.2 Å². The number of carbonyl (C=O) groups excluding carboxylic acids is 1. The molecule has 5 nitrogen and oxygen atoms in total. The Morgan fingerprint density at radius 2 is 1.90 bits per heavy atom. The van der Waals surface area contributed by atoms with E-state index >= 15 is 0 Å². The summed E-state index contributed by atoms with van der Waals surface area (Å²) in [5, 5.41) is 11.4. The second-order valence-corrected chi connectivity index (χ2v) is 5.36. The number of nitrogens with one attached hydrogen (secondary N) is 1. The zero-order valence-electron chi connectivity index (χ0n) is 12.9. The van der Waals surface area contributed by atoms with Gasteiger partial charge in [0.1, 0.15) is 0 Å². The van der Waals surface area contributed by atoms with Crippen LogP contribution in [0.4, 0.5) is 5.69 Å². The molecule has 5 heteroatoms. The lowest BCUT2D eigenvalue weighted by molar-refractivity contribution is -0.137. The van der Waals surface area contributed by atoms with E-state index < -0.39 is 5.97 Å². The molecule has 0 heterocycles. The molecule has 116 valence electrons. The zero-order chi connectivity index (χ0) is 15.8. The van der Waals surface area contributed by atoms with Crippen molar-refractivity contribution in [2.24, 2.45) is 0 Å². The molecule has 1 aromatic rings. The van der Waals surface area contributed by atoms with Crippen molar-refractivity contribution in [2.75, 3.05) is 25.5 Å². The van der Waals surface area contributed by atoms with Crippen molar-refractivity contribution in [3.8, 4) is 0 Å². The molecule has 1 aromatic carbocycles. The van der Waals surface area contributed by atoms with Crippen LogP contribution in [0.1, 0.15) is 38.2 Å². The highest BCUT2D eigenvalue weighted by atomic mass is 16.4. The fraction of sp³-hybridized carbons (Fsp3) is 0.500. The Bertz CT molecular complexity index is 471. The van der Waals surface area contributed by atoms with E-state index in [4.69, 9.17) is 5.11 Å². The van der Waals surface area contributed by atoms with Crippen LogP contribution in [0, 0.1) is 0 Å². The molecule has 0 saturated carbocycles. The number of hydrogen-bond acceptors (Lipinski definition) is 3. The molecule has 0 spiro atoms. The van der Waals surface area contributed by atoms with E-state index in [1.54, 1.807) is 11.9 Å². The Labute approximate surface area is 126 Å². The molecule has 0 fully saturated rings. The minimum absolute atomic E-state index is 0.0351. The predicted octanol–water partition coefficient (Wildman–Crippen LogP) is 2.55. The summed E-state index contributed by atoms with van der Waals surface area (Å²) in [6.07, 6.45) is 1.12. The SMILES string of the molecule is CCC(C)c1ccc(NC(=O)CN(C)CCC(=O)O)cc1. The molecule has 1 rings (SSSR count). The van der Waals surface area contributed by atoms with Gasteiger partial charge >= 0.3 is 5.97 Å². The van der Waals surface area contributed by atoms with Crippen LogP contribution in [0.2, 0.25) is 0 Å². The van der Waals surface area contributed by atoms with Crippen LogP contribution in [0.25, 0.3) is 0 Å². The topological polar surface area (TPSA) is 69.6 Å². The van der Waals surface area contributed by atoms with Gasteiger partial charge in [0.2, 0.25) is 5.91 Å². The number of anilines is 1. The number of likely N-dealkylation sites (N-methyl/N-ethyl adjacent to an activating group) is 1. The molecule has 0 aliphatic carbocycles. The molecule has 0 bridgehead atoms. The highest BCUT2D eigenvalue weighted by molar-refractivity contribution is 5.92. The van der Waals surface area contributed by atoms with Crippen molar-refractivity contribution < 1.29 is 14.7 Å². The van der Waals surface area contributed by atoms with Crippen LogP contribution >= 0.6 is 0 Å². The summed E-state index contributed by atoms with van der Waals surface area (Å²) in [6, 6.07) is 7.85. The Kier molecular flexibility index (Phi) is 6.88. The van der Waals surface area contributed by atoms with E-state index in [0.717, 1.165) is 12.1 Å². The summed E-state index contributed by atoms with van der Waals surface area (Å²) in [4.78, 5) is 24.0. The normalized spacial score (nSPS) is 12.2. The van der Waals surface area contributed by atoms with Crippen molar-refractivity contribution in [3.63, 3.8) is 0 Å². The first-order valence-electron chi connectivity index (χ1n) is 7.22. The van der Waals surface area contributed by atoms with E-state index in [0.29, 0.717) is 12.5 Å². The highest BCUT2D eigenvalue weighted by Crippen LogP contribution is 2.20. The van der Waals surface area contributed by atoms with Crippen molar-refractivity contribution in [1.82, 2.24) is 4.90 Å². The van der Waals surface area contributed by atoms with Crippen molar-refractivity contribution in [3.05, 3.63) is 29.8 Å². The van der Waals surface area contributed by atoms with E-state index in [9.17, 15) is 9.59 Å². The van der Waals surface area contributed by atoms with Gasteiger partial charge in [-0.3, -0.25) is 14.5 Å². The molecule has 0 radical (unpaired) electrons. The van der Waals surface area contributed by atoms with Crippen LogP contribution in [0.5, 0.6) is 0 Å². The summed E-state index contributed by atoms with van der Waals surface area (Å²) >= 11 is 0. The first-order chi connectivity index (χ1) is 9.92. The summed E-state index contributed by atoms with van der Waals surface area (Å²) in [5.41, 5.74) is 2.02. The number of carboxylic acid groups (broad SMARTS) is 1. The third kappa shape index (κ3) is 6.40. The minimum Gasteiger partial charge on any atom is -0.481 e. The lowest BCUT2D eigenvalue weighted by Crippen LogP contribution is -2.31. The lowest BCUT2D eigenvalue weighted by atomic mass is 9.99. The van der Waals surface area contributed by atoms with Gasteiger partial charge in [0.05, 0.1) is 13.0 Å². The quantitative estimate of drug-likeness (QED) is 0.772. The van der Waals surface area contributed by atoms with Crippen LogP contribution in [0.3, 0.4) is 0 Å². The lowest BCUT2D eigenvalue weighted by Gasteiger charge is -2.15. The number of benzene rings is 1. The van der Waals surface area contributed by atoms with Crippen molar-refractivity contribution in [1.29, 1.82) is 0 Å². The van der Waals surface area contributed by atoms with Gasteiger partial charge in [-0.1, -0.05) is 26.0 Å². The van der Waals surface area contributed by atoms with Crippen LogP contribution < -0.4 is 5.32 Å². The maximum absolute atomic E-state index is 11.8. The molecule has 21 heavy (non-hydrogen) atoms. The number of carboxylic acids is 1. The van der Waals surface area contributed by atoms with Gasteiger partial charge in [-0.25, -0.2) is 0 Å². The zero-order valence-corrected chi connectivity index (χ0v) is 12.9. The summed E-state index contributed by atoms with van der Waals surface area (Å²) in [7, 11) is 1.73. The largest absolute Gasteiger partial charge is 0.481 e. The molecule has 2 N–H and O–H groups in total. The number of rotatable bonds is 8. The average molecular weight is 292 g/mol. The van der Waals surface area contributed by atoms with Gasteiger partial charge in [-0.15, -0.1) is 0 Å². The van der Waals surface area contributed by atoms with Gasteiger partial charge in [0.15, 0.2) is 0 Å². The van der Waals surface area contributed by atoms with E-state index in [1.165, 1.54) is 5.56 Å². The molecule has 1 unspecified atom stereocenters.